The van der Waals surface area contributed by atoms with Crippen molar-refractivity contribution in [2.24, 2.45) is 11.8 Å². The maximum absolute atomic E-state index is 13.6. The van der Waals surface area contributed by atoms with Gasteiger partial charge in [0.25, 0.3) is 0 Å². The molecule has 0 radical (unpaired) electrons. The van der Waals surface area contributed by atoms with Gasteiger partial charge in [0, 0.05) is 17.5 Å². The number of aromatic nitrogens is 1. The van der Waals surface area contributed by atoms with Crippen molar-refractivity contribution in [1.29, 1.82) is 0 Å². The van der Waals surface area contributed by atoms with Crippen LogP contribution in [0.5, 0.6) is 17.2 Å². The second-order valence-electron chi connectivity index (χ2n) is 10.9. The van der Waals surface area contributed by atoms with Gasteiger partial charge in [0.1, 0.15) is 33.8 Å². The predicted octanol–water partition coefficient (Wildman–Crippen LogP) is 7.57. The number of hydrogen-bond donors (Lipinski definition) is 0. The van der Waals surface area contributed by atoms with Crippen LogP contribution in [0.4, 0.5) is 8.78 Å². The third kappa shape index (κ3) is 9.67. The number of H-pyrrole nitrogens is 1. The molecule has 0 bridgehead atoms. The van der Waals surface area contributed by atoms with Gasteiger partial charge in [-0.1, -0.05) is 45.2 Å². The topological polar surface area (TPSA) is 94.4 Å². The van der Waals surface area contributed by atoms with Gasteiger partial charge in [-0.25, -0.2) is 9.78 Å². The minimum absolute atomic E-state index is 0.0184. The van der Waals surface area contributed by atoms with E-state index < -0.39 is 24.7 Å². The predicted molar refractivity (Wildman–Crippen MR) is 164 cm³/mol. The molecule has 2 fully saturated rings. The van der Waals surface area contributed by atoms with Gasteiger partial charge in [0.05, 0.1) is 18.8 Å². The van der Waals surface area contributed by atoms with E-state index >= 15 is 0 Å². The van der Waals surface area contributed by atoms with Crippen molar-refractivity contribution in [2.45, 2.75) is 51.4 Å². The van der Waals surface area contributed by atoms with E-state index in [0.29, 0.717) is 57.5 Å². The van der Waals surface area contributed by atoms with Crippen LogP contribution in [0.15, 0.2) is 48.8 Å². The molecule has 2 aliphatic carbocycles. The summed E-state index contributed by atoms with van der Waals surface area (Å²) >= 11 is 16.0. The quantitative estimate of drug-likeness (QED) is 0.111. The highest BCUT2D eigenvalue weighted by Crippen LogP contribution is 2.38. The molecule has 240 valence electrons. The number of nitrogens with one attached hydrogen (secondary N) is 1. The summed E-state index contributed by atoms with van der Waals surface area (Å²) in [7, 11) is 0. The molecule has 1 heterocycles. The molecule has 8 nitrogen and oxygen atoms in total. The fourth-order valence-electron chi connectivity index (χ4n) is 4.45. The Balaban J connectivity index is 1.44. The van der Waals surface area contributed by atoms with Gasteiger partial charge in [-0.2, -0.15) is 8.78 Å². The number of aromatic amines is 1. The van der Waals surface area contributed by atoms with Gasteiger partial charge in [-0.15, -0.1) is 0 Å². The molecule has 2 aliphatic rings. The third-order valence-electron chi connectivity index (χ3n) is 7.33. The molecule has 45 heavy (non-hydrogen) atoms. The first-order valence-corrected chi connectivity index (χ1v) is 16.3. The van der Waals surface area contributed by atoms with Crippen LogP contribution in [-0.2, 0) is 27.3 Å². The SMILES string of the molecule is O=C(CBr)OCc1cc(C(=O)O[C@@H](Cc2c(Cl)c[nH+]cc2Cl)c2ccc(OC(F)F)c(OCC3CC3)c2)ccc1OCC1CC1. The molecule has 3 aromatic rings. The normalized spacial score (nSPS) is 15.0. The number of carbonyl (C=O) groups is 2. The van der Waals surface area contributed by atoms with Crippen LogP contribution in [0.25, 0.3) is 0 Å². The zero-order valence-corrected chi connectivity index (χ0v) is 27.1. The molecule has 0 amide bonds. The number of ether oxygens (including phenoxy) is 5. The molecule has 0 unspecified atom stereocenters. The second-order valence-corrected chi connectivity index (χ2v) is 12.3. The summed E-state index contributed by atoms with van der Waals surface area (Å²) in [5, 5.41) is 0.656. The summed E-state index contributed by atoms with van der Waals surface area (Å²) in [5.41, 5.74) is 1.65. The first kappa shape index (κ1) is 33.2. The fourth-order valence-corrected chi connectivity index (χ4v) is 5.15. The van der Waals surface area contributed by atoms with E-state index in [9.17, 15) is 18.4 Å². The first-order valence-electron chi connectivity index (χ1n) is 14.4. The van der Waals surface area contributed by atoms with Gasteiger partial charge in [-0.05, 0) is 73.4 Å². The standard InChI is InChI=1S/C32H30BrCl2F2NO7/c33-12-30(39)43-17-22-9-21(6-7-26(22)41-15-18-1-2-18)31(40)44-28(11-23-24(34)13-38-14-25(23)35)20-5-8-27(45-32(36)37)29(10-20)42-16-19-3-4-19/h5-10,13-14,18-19,28,32H,1-4,11-12,15-17H2/p+1/t28-/m0/s1. The molecule has 0 spiro atoms. The highest BCUT2D eigenvalue weighted by atomic mass is 79.9. The number of esters is 2. The molecular weight excluding hydrogens is 699 g/mol. The average Bonchev–Trinajstić information content (AvgIpc) is 3.95. The number of alkyl halides is 3. The summed E-state index contributed by atoms with van der Waals surface area (Å²) in [6, 6.07) is 9.18. The van der Waals surface area contributed by atoms with E-state index in [1.165, 1.54) is 18.2 Å². The minimum atomic E-state index is -3.05. The maximum Gasteiger partial charge on any atom is 0.387 e. The molecule has 1 N–H and O–H groups in total. The molecule has 2 saturated carbocycles. The zero-order valence-electron chi connectivity index (χ0n) is 24.0. The van der Waals surface area contributed by atoms with E-state index in [-0.39, 0.29) is 35.4 Å². The minimum Gasteiger partial charge on any atom is -0.493 e. The summed E-state index contributed by atoms with van der Waals surface area (Å²) in [5.74, 6) is 0.150. The lowest BCUT2D eigenvalue weighted by atomic mass is 10.0. The Morgan fingerprint density at radius 2 is 1.56 bits per heavy atom. The first-order chi connectivity index (χ1) is 21.7. The molecule has 1 atom stereocenters. The Bertz CT molecular complexity index is 1500. The lowest BCUT2D eigenvalue weighted by Crippen LogP contribution is -2.16. The van der Waals surface area contributed by atoms with Crippen LogP contribution in [0.3, 0.4) is 0 Å². The number of hydrogen-bond acceptors (Lipinski definition) is 7. The van der Waals surface area contributed by atoms with Gasteiger partial charge in [0.15, 0.2) is 23.9 Å². The lowest BCUT2D eigenvalue weighted by molar-refractivity contribution is -0.377. The van der Waals surface area contributed by atoms with Crippen molar-refractivity contribution < 1.29 is 47.0 Å². The summed E-state index contributed by atoms with van der Waals surface area (Å²) in [6.07, 6.45) is 6.38. The molecule has 13 heteroatoms. The van der Waals surface area contributed by atoms with Crippen LogP contribution in [-0.4, -0.2) is 37.1 Å². The van der Waals surface area contributed by atoms with E-state index in [4.69, 9.17) is 42.1 Å². The van der Waals surface area contributed by atoms with Crippen LogP contribution in [0.2, 0.25) is 10.0 Å². The summed E-state index contributed by atoms with van der Waals surface area (Å²) in [6.45, 7) is -2.28. The molecule has 0 saturated heterocycles. The molecule has 0 aliphatic heterocycles. The van der Waals surface area contributed by atoms with Crippen molar-refractivity contribution in [1.82, 2.24) is 0 Å². The number of benzene rings is 2. The zero-order chi connectivity index (χ0) is 31.9. The number of halogens is 5. The highest BCUT2D eigenvalue weighted by Gasteiger charge is 2.27. The van der Waals surface area contributed by atoms with Gasteiger partial charge >= 0.3 is 18.6 Å². The van der Waals surface area contributed by atoms with Crippen molar-refractivity contribution >= 4 is 51.1 Å². The average molecular weight is 730 g/mol. The van der Waals surface area contributed by atoms with Gasteiger partial charge in [0.2, 0.25) is 0 Å². The molecular formula is C32H31BrCl2F2NO7+. The van der Waals surface area contributed by atoms with Crippen molar-refractivity contribution in [2.75, 3.05) is 18.5 Å². The molecule has 2 aromatic carbocycles. The Labute approximate surface area is 277 Å². The number of pyridine rings is 1. The van der Waals surface area contributed by atoms with E-state index in [2.05, 4.69) is 25.7 Å². The van der Waals surface area contributed by atoms with E-state index in [1.54, 1.807) is 30.6 Å². The third-order valence-corrected chi connectivity index (χ3v) is 8.46. The van der Waals surface area contributed by atoms with Crippen LogP contribution >= 0.6 is 39.1 Å². The second kappa shape index (κ2) is 15.4. The van der Waals surface area contributed by atoms with Gasteiger partial charge in [-0.3, -0.25) is 4.79 Å². The Morgan fingerprint density at radius 3 is 2.18 bits per heavy atom. The lowest BCUT2D eigenvalue weighted by Gasteiger charge is -2.21. The van der Waals surface area contributed by atoms with Crippen molar-refractivity contribution in [3.8, 4) is 17.2 Å². The monoisotopic (exact) mass is 728 g/mol. The summed E-state index contributed by atoms with van der Waals surface area (Å²) in [4.78, 5) is 28.3. The van der Waals surface area contributed by atoms with Gasteiger partial charge < -0.3 is 23.7 Å². The smallest absolute Gasteiger partial charge is 0.387 e. The van der Waals surface area contributed by atoms with E-state index in [1.807, 2.05) is 0 Å². The van der Waals surface area contributed by atoms with Crippen molar-refractivity contribution in [3.63, 3.8) is 0 Å². The largest absolute Gasteiger partial charge is 0.493 e. The fraction of sp³-hybridized carbons (Fsp3) is 0.406. The molecule has 1 aromatic heterocycles. The van der Waals surface area contributed by atoms with Crippen LogP contribution < -0.4 is 19.2 Å². The molecule has 5 rings (SSSR count). The summed E-state index contributed by atoms with van der Waals surface area (Å²) < 4.78 is 54.1. The number of carbonyl (C=O) groups excluding carboxylic acids is 2. The maximum atomic E-state index is 13.6. The Hall–Kier alpha value is -3.15. The van der Waals surface area contributed by atoms with Crippen LogP contribution in [0, 0.1) is 11.8 Å². The highest BCUT2D eigenvalue weighted by molar-refractivity contribution is 9.09. The Morgan fingerprint density at radius 1 is 0.911 bits per heavy atom. The number of rotatable bonds is 16. The van der Waals surface area contributed by atoms with Crippen LogP contribution in [0.1, 0.15) is 58.8 Å². The van der Waals surface area contributed by atoms with Crippen molar-refractivity contribution in [3.05, 3.63) is 81.1 Å². The van der Waals surface area contributed by atoms with E-state index in [0.717, 1.165) is 25.7 Å². The Kier molecular flexibility index (Phi) is 11.4.